The maximum Gasteiger partial charge on any atom is 0.254 e. The first-order chi connectivity index (χ1) is 11.9. The second kappa shape index (κ2) is 7.17. The number of thiophene rings is 1. The van der Waals surface area contributed by atoms with E-state index in [0.717, 1.165) is 10.4 Å². The molecule has 1 aliphatic rings. The number of carbonyl (C=O) groups excluding carboxylic acids is 1. The summed E-state index contributed by atoms with van der Waals surface area (Å²) in [5.74, 6) is 0.627. The van der Waals surface area contributed by atoms with Crippen LogP contribution < -0.4 is 4.74 Å². The maximum atomic E-state index is 13.1. The number of hydrogen-bond acceptors (Lipinski definition) is 5. The van der Waals surface area contributed by atoms with E-state index in [9.17, 15) is 13.2 Å². The number of amides is 1. The molecule has 1 aromatic carbocycles. The van der Waals surface area contributed by atoms with Gasteiger partial charge >= 0.3 is 0 Å². The molecule has 5 nitrogen and oxygen atoms in total. The summed E-state index contributed by atoms with van der Waals surface area (Å²) in [6, 6.07) is 8.71. The zero-order chi connectivity index (χ0) is 18.0. The number of carbonyl (C=O) groups is 1. The highest BCUT2D eigenvalue weighted by molar-refractivity contribution is 7.91. The third-order valence-corrected chi connectivity index (χ3v) is 7.27. The lowest BCUT2D eigenvalue weighted by molar-refractivity contribution is 0.0682. The van der Waals surface area contributed by atoms with Crippen molar-refractivity contribution < 1.29 is 17.9 Å². The average molecular weight is 380 g/mol. The molecule has 1 fully saturated rings. The summed E-state index contributed by atoms with van der Waals surface area (Å²) in [4.78, 5) is 15.9. The Bertz CT molecular complexity index is 873. The van der Waals surface area contributed by atoms with Crippen molar-refractivity contribution in [2.45, 2.75) is 25.9 Å². The van der Waals surface area contributed by atoms with Crippen LogP contribution >= 0.6 is 11.3 Å². The number of rotatable bonds is 5. The molecule has 2 heterocycles. The summed E-state index contributed by atoms with van der Waals surface area (Å²) >= 11 is 1.59. The number of nitrogens with zero attached hydrogens (tertiary/aromatic N) is 1. The molecular formula is C18H21NO4S2. The first kappa shape index (κ1) is 17.9. The Morgan fingerprint density at radius 3 is 2.76 bits per heavy atom. The Labute approximate surface area is 152 Å². The first-order valence-electron chi connectivity index (χ1n) is 8.08. The lowest BCUT2D eigenvalue weighted by Crippen LogP contribution is -2.40. The van der Waals surface area contributed by atoms with Gasteiger partial charge in [-0.1, -0.05) is 6.07 Å². The molecule has 134 valence electrons. The van der Waals surface area contributed by atoms with E-state index < -0.39 is 9.84 Å². The molecule has 3 rings (SSSR count). The van der Waals surface area contributed by atoms with E-state index >= 15 is 0 Å². The number of methoxy groups -OCH3 is 1. The Balaban J connectivity index is 1.92. The maximum absolute atomic E-state index is 13.1. The summed E-state index contributed by atoms with van der Waals surface area (Å²) in [5, 5.41) is 1.99. The molecule has 1 atom stereocenters. The fourth-order valence-corrected chi connectivity index (χ4v) is 5.67. The van der Waals surface area contributed by atoms with E-state index in [1.54, 1.807) is 47.6 Å². The van der Waals surface area contributed by atoms with E-state index in [0.29, 0.717) is 24.3 Å². The van der Waals surface area contributed by atoms with Gasteiger partial charge in [-0.05, 0) is 48.6 Å². The number of hydrogen-bond donors (Lipinski definition) is 0. The number of sulfone groups is 1. The smallest absolute Gasteiger partial charge is 0.254 e. The summed E-state index contributed by atoms with van der Waals surface area (Å²) in [5.41, 5.74) is 1.63. The van der Waals surface area contributed by atoms with Gasteiger partial charge in [0.25, 0.3) is 5.91 Å². The van der Waals surface area contributed by atoms with Crippen molar-refractivity contribution in [3.05, 3.63) is 51.7 Å². The molecule has 0 N–H and O–H groups in total. The van der Waals surface area contributed by atoms with Crippen molar-refractivity contribution >= 4 is 27.1 Å². The van der Waals surface area contributed by atoms with Crippen LogP contribution in [0.4, 0.5) is 0 Å². The molecule has 0 spiro atoms. The summed E-state index contributed by atoms with van der Waals surface area (Å²) in [7, 11) is -1.52. The van der Waals surface area contributed by atoms with Gasteiger partial charge < -0.3 is 9.64 Å². The van der Waals surface area contributed by atoms with Gasteiger partial charge in [0.05, 0.1) is 25.2 Å². The molecule has 1 amide bonds. The Morgan fingerprint density at radius 1 is 1.36 bits per heavy atom. The molecule has 25 heavy (non-hydrogen) atoms. The van der Waals surface area contributed by atoms with Crippen LogP contribution in [0.5, 0.6) is 5.75 Å². The molecule has 1 aliphatic heterocycles. The molecule has 0 bridgehead atoms. The van der Waals surface area contributed by atoms with Crippen LogP contribution in [-0.4, -0.2) is 43.9 Å². The molecule has 2 aromatic rings. The number of benzene rings is 1. The van der Waals surface area contributed by atoms with Crippen LogP contribution in [0, 0.1) is 6.92 Å². The van der Waals surface area contributed by atoms with Gasteiger partial charge in [-0.3, -0.25) is 4.79 Å². The molecule has 0 radical (unpaired) electrons. The van der Waals surface area contributed by atoms with Crippen LogP contribution in [0.3, 0.4) is 0 Å². The van der Waals surface area contributed by atoms with Crippen molar-refractivity contribution in [1.29, 1.82) is 0 Å². The standard InChI is InChI=1S/C18H21NO4S2/c1-13-6-8-24-17(13)11-19(15-7-9-25(21,22)12-15)18(20)14-4-3-5-16(10-14)23-2/h3-6,8,10,15H,7,9,11-12H2,1-2H3/t15-/m1/s1. The van der Waals surface area contributed by atoms with Crippen molar-refractivity contribution in [3.63, 3.8) is 0 Å². The second-order valence-electron chi connectivity index (χ2n) is 6.25. The normalized spacial score (nSPS) is 18.9. The monoisotopic (exact) mass is 379 g/mol. The van der Waals surface area contributed by atoms with Crippen molar-refractivity contribution in [3.8, 4) is 5.75 Å². The van der Waals surface area contributed by atoms with Gasteiger partial charge in [-0.25, -0.2) is 8.42 Å². The topological polar surface area (TPSA) is 63.7 Å². The van der Waals surface area contributed by atoms with Gasteiger partial charge in [0, 0.05) is 16.5 Å². The van der Waals surface area contributed by atoms with Crippen molar-refractivity contribution in [2.24, 2.45) is 0 Å². The predicted octanol–water partition coefficient (Wildman–Crippen LogP) is 2.89. The summed E-state index contributed by atoms with van der Waals surface area (Å²) in [6.45, 7) is 2.44. The quantitative estimate of drug-likeness (QED) is 0.801. The molecule has 7 heteroatoms. The van der Waals surface area contributed by atoms with Gasteiger partial charge in [-0.2, -0.15) is 0 Å². The zero-order valence-corrected chi connectivity index (χ0v) is 15.9. The largest absolute Gasteiger partial charge is 0.497 e. The Morgan fingerprint density at radius 2 is 2.16 bits per heavy atom. The molecule has 0 saturated carbocycles. The van der Waals surface area contributed by atoms with Crippen LogP contribution in [0.1, 0.15) is 27.2 Å². The summed E-state index contributed by atoms with van der Waals surface area (Å²) in [6.07, 6.45) is 0.489. The molecular weight excluding hydrogens is 358 g/mol. The Kier molecular flexibility index (Phi) is 5.15. The Hall–Kier alpha value is -1.86. The van der Waals surface area contributed by atoms with Crippen LogP contribution in [-0.2, 0) is 16.4 Å². The van der Waals surface area contributed by atoms with Crippen LogP contribution in [0.2, 0.25) is 0 Å². The van der Waals surface area contributed by atoms with E-state index in [1.807, 2.05) is 18.4 Å². The van der Waals surface area contributed by atoms with E-state index in [2.05, 4.69) is 0 Å². The predicted molar refractivity (Wildman–Crippen MR) is 99.0 cm³/mol. The van der Waals surface area contributed by atoms with Crippen molar-refractivity contribution in [2.75, 3.05) is 18.6 Å². The highest BCUT2D eigenvalue weighted by Crippen LogP contribution is 2.26. The highest BCUT2D eigenvalue weighted by Gasteiger charge is 2.35. The minimum absolute atomic E-state index is 0.0349. The van der Waals surface area contributed by atoms with Crippen LogP contribution in [0.15, 0.2) is 35.7 Å². The lowest BCUT2D eigenvalue weighted by atomic mass is 10.1. The SMILES string of the molecule is COc1cccc(C(=O)N(Cc2sccc2C)[C@@H]2CCS(=O)(=O)C2)c1. The van der Waals surface area contributed by atoms with Crippen LogP contribution in [0.25, 0.3) is 0 Å². The van der Waals surface area contributed by atoms with Gasteiger partial charge in [-0.15, -0.1) is 11.3 Å². The van der Waals surface area contributed by atoms with Crippen molar-refractivity contribution in [1.82, 2.24) is 4.90 Å². The summed E-state index contributed by atoms with van der Waals surface area (Å²) < 4.78 is 29.0. The van der Waals surface area contributed by atoms with Gasteiger partial charge in [0.15, 0.2) is 9.84 Å². The number of ether oxygens (including phenoxy) is 1. The lowest BCUT2D eigenvalue weighted by Gasteiger charge is -2.28. The fourth-order valence-electron chi connectivity index (χ4n) is 3.03. The number of aryl methyl sites for hydroxylation is 1. The third kappa shape index (κ3) is 4.04. The zero-order valence-electron chi connectivity index (χ0n) is 14.3. The molecule has 1 aromatic heterocycles. The average Bonchev–Trinajstić information content (AvgIpc) is 3.17. The fraction of sp³-hybridized carbons (Fsp3) is 0.389. The minimum atomic E-state index is -3.07. The van der Waals surface area contributed by atoms with E-state index in [4.69, 9.17) is 4.74 Å². The molecule has 0 unspecified atom stereocenters. The molecule has 0 aliphatic carbocycles. The second-order valence-corrected chi connectivity index (χ2v) is 9.48. The first-order valence-corrected chi connectivity index (χ1v) is 10.8. The molecule has 1 saturated heterocycles. The van der Waals surface area contributed by atoms with Gasteiger partial charge in [0.1, 0.15) is 5.75 Å². The third-order valence-electron chi connectivity index (χ3n) is 4.51. The highest BCUT2D eigenvalue weighted by atomic mass is 32.2. The van der Waals surface area contributed by atoms with Gasteiger partial charge in [0.2, 0.25) is 0 Å². The van der Waals surface area contributed by atoms with E-state index in [-0.39, 0.29) is 23.5 Å². The van der Waals surface area contributed by atoms with E-state index in [1.165, 1.54) is 0 Å². The minimum Gasteiger partial charge on any atom is -0.497 e.